The highest BCUT2D eigenvalue weighted by Crippen LogP contribution is 2.17. The Balaban J connectivity index is 0.00000280. The number of nitrogens with zero attached hydrogens (tertiary/aromatic N) is 4. The van der Waals surface area contributed by atoms with Gasteiger partial charge >= 0.3 is 0 Å². The zero-order chi connectivity index (χ0) is 19.2. The van der Waals surface area contributed by atoms with E-state index in [4.69, 9.17) is 0 Å². The Morgan fingerprint density at radius 3 is 2.64 bits per heavy atom. The number of rotatable bonds is 6. The van der Waals surface area contributed by atoms with Crippen molar-refractivity contribution in [3.8, 4) is 5.82 Å². The predicted octanol–water partition coefficient (Wildman–Crippen LogP) is 4.03. The maximum atomic E-state index is 4.54. The van der Waals surface area contributed by atoms with Crippen LogP contribution in [0.5, 0.6) is 0 Å². The molecule has 3 heterocycles. The fraction of sp³-hybridized carbons (Fsp3) is 0.350. The van der Waals surface area contributed by atoms with Gasteiger partial charge in [-0.2, -0.15) is 16.4 Å². The first-order valence-corrected chi connectivity index (χ1v) is 9.96. The lowest BCUT2D eigenvalue weighted by Crippen LogP contribution is -2.38. The van der Waals surface area contributed by atoms with Crippen molar-refractivity contribution in [1.82, 2.24) is 25.4 Å². The molecule has 0 radical (unpaired) electrons. The zero-order valence-electron chi connectivity index (χ0n) is 16.6. The van der Waals surface area contributed by atoms with Gasteiger partial charge in [-0.05, 0) is 59.9 Å². The van der Waals surface area contributed by atoms with E-state index in [-0.39, 0.29) is 24.0 Å². The van der Waals surface area contributed by atoms with E-state index in [1.165, 1.54) is 5.56 Å². The molecule has 28 heavy (non-hydrogen) atoms. The van der Waals surface area contributed by atoms with E-state index < -0.39 is 0 Å². The summed E-state index contributed by atoms with van der Waals surface area (Å²) in [7, 11) is 1.79. The number of thiophene rings is 1. The van der Waals surface area contributed by atoms with Crippen LogP contribution in [0.15, 0.2) is 46.2 Å². The van der Waals surface area contributed by atoms with Gasteiger partial charge in [0.05, 0.1) is 5.69 Å². The highest BCUT2D eigenvalue weighted by atomic mass is 127. The number of nitrogens with one attached hydrogen (secondary N) is 2. The molecule has 1 unspecified atom stereocenters. The average molecular weight is 510 g/mol. The van der Waals surface area contributed by atoms with E-state index in [9.17, 15) is 0 Å². The Hall–Kier alpha value is -1.94. The number of aliphatic imine (C=N–C) groups is 1. The van der Waals surface area contributed by atoms with Crippen molar-refractivity contribution in [2.24, 2.45) is 4.99 Å². The lowest BCUT2D eigenvalue weighted by molar-refractivity contribution is 0.700. The summed E-state index contributed by atoms with van der Waals surface area (Å²) in [5, 5.41) is 15.5. The van der Waals surface area contributed by atoms with Gasteiger partial charge in [0.2, 0.25) is 0 Å². The van der Waals surface area contributed by atoms with Gasteiger partial charge in [-0.15, -0.1) is 24.0 Å². The van der Waals surface area contributed by atoms with Crippen molar-refractivity contribution < 1.29 is 0 Å². The van der Waals surface area contributed by atoms with Crippen molar-refractivity contribution in [3.63, 3.8) is 0 Å². The monoisotopic (exact) mass is 510 g/mol. The molecule has 0 saturated carbocycles. The van der Waals surface area contributed by atoms with Gasteiger partial charge < -0.3 is 10.6 Å². The molecule has 3 aromatic rings. The molecule has 1 atom stereocenters. The first-order chi connectivity index (χ1) is 13.1. The van der Waals surface area contributed by atoms with Crippen LogP contribution in [0.3, 0.4) is 0 Å². The van der Waals surface area contributed by atoms with Crippen molar-refractivity contribution >= 4 is 41.3 Å². The maximum absolute atomic E-state index is 4.54. The highest BCUT2D eigenvalue weighted by Gasteiger charge is 2.08. The smallest absolute Gasteiger partial charge is 0.191 e. The quantitative estimate of drug-likeness (QED) is 0.299. The fourth-order valence-corrected chi connectivity index (χ4v) is 3.62. The predicted molar refractivity (Wildman–Crippen MR) is 127 cm³/mol. The van der Waals surface area contributed by atoms with Crippen molar-refractivity contribution in [1.29, 1.82) is 0 Å². The second kappa shape index (κ2) is 10.6. The van der Waals surface area contributed by atoms with E-state index >= 15 is 0 Å². The minimum Gasteiger partial charge on any atom is -0.356 e. The third-order valence-electron chi connectivity index (χ3n) is 4.41. The van der Waals surface area contributed by atoms with Gasteiger partial charge in [-0.3, -0.25) is 4.99 Å². The summed E-state index contributed by atoms with van der Waals surface area (Å²) in [6, 6.07) is 8.27. The molecule has 0 spiro atoms. The van der Waals surface area contributed by atoms with Crippen LogP contribution in [0.4, 0.5) is 0 Å². The van der Waals surface area contributed by atoms with Crippen molar-refractivity contribution in [2.45, 2.75) is 33.2 Å². The largest absolute Gasteiger partial charge is 0.356 e. The third-order valence-corrected chi connectivity index (χ3v) is 5.11. The second-order valence-electron chi connectivity index (χ2n) is 6.63. The summed E-state index contributed by atoms with van der Waals surface area (Å²) < 4.78 is 1.86. The van der Waals surface area contributed by atoms with Crippen LogP contribution >= 0.6 is 35.3 Å². The van der Waals surface area contributed by atoms with Crippen molar-refractivity contribution in [2.75, 3.05) is 13.6 Å². The first kappa shape index (κ1) is 22.4. The molecule has 0 fully saturated rings. The SMILES string of the molecule is CN=C(NCc1ccc(-n2nc(C)cc2C)nc1)NCC(C)c1ccsc1.I. The molecular weight excluding hydrogens is 483 g/mol. The maximum Gasteiger partial charge on any atom is 0.191 e. The van der Waals surface area contributed by atoms with Gasteiger partial charge in [-0.25, -0.2) is 9.67 Å². The third kappa shape index (κ3) is 5.78. The minimum atomic E-state index is 0. The molecule has 0 amide bonds. The number of guanidine groups is 1. The Kier molecular flexibility index (Phi) is 8.43. The molecule has 0 aliphatic rings. The normalized spacial score (nSPS) is 12.4. The fourth-order valence-electron chi connectivity index (χ4n) is 2.84. The van der Waals surface area contributed by atoms with Crippen LogP contribution in [-0.4, -0.2) is 34.3 Å². The molecule has 3 aromatic heterocycles. The molecular formula is C20H27IN6S. The summed E-state index contributed by atoms with van der Waals surface area (Å²) in [5.74, 6) is 2.06. The summed E-state index contributed by atoms with van der Waals surface area (Å²) in [6.45, 7) is 7.73. The summed E-state index contributed by atoms with van der Waals surface area (Å²) >= 11 is 1.73. The highest BCUT2D eigenvalue weighted by molar-refractivity contribution is 14.0. The topological polar surface area (TPSA) is 67.1 Å². The molecule has 150 valence electrons. The van der Waals surface area contributed by atoms with Gasteiger partial charge in [0.15, 0.2) is 11.8 Å². The molecule has 0 bridgehead atoms. The van der Waals surface area contributed by atoms with E-state index in [0.29, 0.717) is 12.5 Å². The molecule has 0 aromatic carbocycles. The van der Waals surface area contributed by atoms with Crippen LogP contribution in [0.1, 0.15) is 35.4 Å². The Bertz CT molecular complexity index is 886. The van der Waals surface area contributed by atoms with E-state index in [1.54, 1.807) is 18.4 Å². The van der Waals surface area contributed by atoms with Crippen molar-refractivity contribution in [3.05, 3.63) is 63.7 Å². The van der Waals surface area contributed by atoms with Gasteiger partial charge in [0, 0.05) is 32.0 Å². The summed E-state index contributed by atoms with van der Waals surface area (Å²) in [6.07, 6.45) is 1.88. The molecule has 0 aliphatic heterocycles. The van der Waals surface area contributed by atoms with E-state index in [2.05, 4.69) is 55.5 Å². The van der Waals surface area contributed by atoms with Gasteiger partial charge in [0.25, 0.3) is 0 Å². The second-order valence-corrected chi connectivity index (χ2v) is 7.41. The first-order valence-electron chi connectivity index (χ1n) is 9.02. The lowest BCUT2D eigenvalue weighted by Gasteiger charge is -2.15. The number of halogens is 1. The number of aryl methyl sites for hydroxylation is 2. The zero-order valence-corrected chi connectivity index (χ0v) is 19.8. The lowest BCUT2D eigenvalue weighted by atomic mass is 10.1. The molecule has 2 N–H and O–H groups in total. The number of hydrogen-bond donors (Lipinski definition) is 2. The van der Waals surface area contributed by atoms with Crippen LogP contribution in [0.2, 0.25) is 0 Å². The average Bonchev–Trinajstić information content (AvgIpc) is 3.32. The van der Waals surface area contributed by atoms with Gasteiger partial charge in [0.1, 0.15) is 0 Å². The standard InChI is InChI=1S/C20H26N6S.HI/c1-14(18-7-8-27-13-18)10-23-20(21-4)24-12-17-5-6-19(22-11-17)26-16(3)9-15(2)25-26;/h5-9,11,13-14H,10,12H2,1-4H3,(H2,21,23,24);1H. The minimum absolute atomic E-state index is 0. The van der Waals surface area contributed by atoms with Gasteiger partial charge in [-0.1, -0.05) is 13.0 Å². The van der Waals surface area contributed by atoms with Crippen LogP contribution < -0.4 is 10.6 Å². The Morgan fingerprint density at radius 1 is 1.25 bits per heavy atom. The summed E-state index contributed by atoms with van der Waals surface area (Å²) in [4.78, 5) is 8.83. The van der Waals surface area contributed by atoms with Crippen LogP contribution in [-0.2, 0) is 6.54 Å². The number of pyridine rings is 1. The van der Waals surface area contributed by atoms with E-state index in [0.717, 1.165) is 35.3 Å². The van der Waals surface area contributed by atoms with Crippen LogP contribution in [0, 0.1) is 13.8 Å². The molecule has 8 heteroatoms. The Labute approximate surface area is 187 Å². The summed E-state index contributed by atoms with van der Waals surface area (Å²) in [5.41, 5.74) is 4.52. The molecule has 6 nitrogen and oxygen atoms in total. The Morgan fingerprint density at radius 2 is 2.07 bits per heavy atom. The molecule has 0 aliphatic carbocycles. The van der Waals surface area contributed by atoms with E-state index in [1.807, 2.05) is 36.9 Å². The number of aromatic nitrogens is 3. The molecule has 0 saturated heterocycles. The molecule has 3 rings (SSSR count). The number of hydrogen-bond acceptors (Lipinski definition) is 4. The van der Waals surface area contributed by atoms with Crippen LogP contribution in [0.25, 0.3) is 5.82 Å².